The van der Waals surface area contributed by atoms with Crippen LogP contribution in [0.1, 0.15) is 28.1 Å². The van der Waals surface area contributed by atoms with E-state index in [2.05, 4.69) is 21.2 Å². The molecule has 0 fully saturated rings. The quantitative estimate of drug-likeness (QED) is 0.399. The first-order valence-corrected chi connectivity index (χ1v) is 12.5. The Morgan fingerprint density at radius 3 is 2.48 bits per heavy atom. The number of anilines is 1. The molecule has 1 amide bonds. The Balaban J connectivity index is 1.77. The van der Waals surface area contributed by atoms with Crippen molar-refractivity contribution in [2.75, 3.05) is 17.1 Å². The molecule has 9 heteroatoms. The third kappa shape index (κ3) is 5.64. The number of rotatable bonds is 7. The Bertz CT molecular complexity index is 1330. The molecule has 3 aromatic rings. The predicted octanol–water partition coefficient (Wildman–Crippen LogP) is 4.28. The van der Waals surface area contributed by atoms with Crippen LogP contribution in [0.3, 0.4) is 0 Å². The summed E-state index contributed by atoms with van der Waals surface area (Å²) >= 11 is 6.13. The molecule has 0 bridgehead atoms. The minimum absolute atomic E-state index is 0.353. The van der Waals surface area contributed by atoms with Gasteiger partial charge >= 0.3 is 0 Å². The lowest BCUT2D eigenvalue weighted by Crippen LogP contribution is -2.39. The van der Waals surface area contributed by atoms with Crippen LogP contribution in [0.5, 0.6) is 0 Å². The highest BCUT2D eigenvalue weighted by Gasteiger charge is 2.23. The molecular formula is C24H27ClN4O3S. The fourth-order valence-electron chi connectivity index (χ4n) is 3.67. The number of hydrogen-bond acceptors (Lipinski definition) is 4. The molecule has 1 N–H and O–H groups in total. The molecule has 0 saturated carbocycles. The highest BCUT2D eigenvalue weighted by atomic mass is 35.5. The smallest absolute Gasteiger partial charge is 0.260 e. The molecule has 0 atom stereocenters. The molecule has 0 aliphatic heterocycles. The van der Waals surface area contributed by atoms with E-state index in [4.69, 9.17) is 11.6 Å². The molecule has 1 aromatic heterocycles. The van der Waals surface area contributed by atoms with Crippen LogP contribution >= 0.6 is 11.6 Å². The summed E-state index contributed by atoms with van der Waals surface area (Å²) in [6.45, 7) is 7.31. The topological polar surface area (TPSA) is 83.8 Å². The van der Waals surface area contributed by atoms with Gasteiger partial charge in [0.05, 0.1) is 18.2 Å². The maximum Gasteiger partial charge on any atom is 0.260 e. The molecule has 3 rings (SSSR count). The lowest BCUT2D eigenvalue weighted by atomic mass is 10.2. The van der Waals surface area contributed by atoms with Crippen LogP contribution in [-0.4, -0.2) is 37.9 Å². The molecular weight excluding hydrogens is 460 g/mol. The summed E-state index contributed by atoms with van der Waals surface area (Å²) in [5, 5.41) is 4.47. The van der Waals surface area contributed by atoms with Gasteiger partial charge < -0.3 is 4.57 Å². The zero-order valence-corrected chi connectivity index (χ0v) is 20.8. The number of carbonyl (C=O) groups excluding carboxylic acids is 1. The van der Waals surface area contributed by atoms with Gasteiger partial charge in [0.2, 0.25) is 10.0 Å². The van der Waals surface area contributed by atoms with Gasteiger partial charge in [-0.2, -0.15) is 5.10 Å². The van der Waals surface area contributed by atoms with Crippen molar-refractivity contribution < 1.29 is 13.2 Å². The van der Waals surface area contributed by atoms with Crippen LogP contribution < -0.4 is 9.73 Å². The molecule has 0 aliphatic rings. The highest BCUT2D eigenvalue weighted by Crippen LogP contribution is 2.28. The van der Waals surface area contributed by atoms with Gasteiger partial charge in [0, 0.05) is 27.7 Å². The first-order valence-electron chi connectivity index (χ1n) is 10.3. The molecule has 174 valence electrons. The Kier molecular flexibility index (Phi) is 7.29. The minimum atomic E-state index is -3.71. The fourth-order valence-corrected chi connectivity index (χ4v) is 4.75. The number of hydrazone groups is 1. The normalized spacial score (nSPS) is 11.7. The van der Waals surface area contributed by atoms with Crippen LogP contribution in [0.15, 0.2) is 53.6 Å². The fraction of sp³-hybridized carbons (Fsp3) is 0.250. The Morgan fingerprint density at radius 1 is 1.12 bits per heavy atom. The Morgan fingerprint density at radius 2 is 1.82 bits per heavy atom. The lowest BCUT2D eigenvalue weighted by Gasteiger charge is -2.23. The summed E-state index contributed by atoms with van der Waals surface area (Å²) in [5.41, 5.74) is 8.42. The summed E-state index contributed by atoms with van der Waals surface area (Å²) in [7, 11) is -3.71. The van der Waals surface area contributed by atoms with E-state index in [1.165, 1.54) is 0 Å². The molecule has 0 unspecified atom stereocenters. The second-order valence-electron chi connectivity index (χ2n) is 7.95. The Labute approximate surface area is 199 Å². The number of carbonyl (C=O) groups is 1. The molecule has 0 radical (unpaired) electrons. The van der Waals surface area contributed by atoms with Crippen molar-refractivity contribution >= 4 is 39.4 Å². The number of aromatic nitrogens is 1. The predicted molar refractivity (Wildman–Crippen MR) is 134 cm³/mol. The van der Waals surface area contributed by atoms with Crippen molar-refractivity contribution in [2.24, 2.45) is 5.10 Å². The van der Waals surface area contributed by atoms with E-state index in [0.29, 0.717) is 16.3 Å². The molecule has 2 aromatic carbocycles. The molecule has 33 heavy (non-hydrogen) atoms. The largest absolute Gasteiger partial charge is 0.318 e. The van der Waals surface area contributed by atoms with Crippen LogP contribution in [-0.2, 0) is 14.8 Å². The zero-order chi connectivity index (χ0) is 24.3. The number of nitrogens with zero attached hydrogens (tertiary/aromatic N) is 3. The Hall–Kier alpha value is -3.10. The number of hydrogen-bond donors (Lipinski definition) is 1. The summed E-state index contributed by atoms with van der Waals surface area (Å²) in [6.07, 6.45) is 2.60. The van der Waals surface area contributed by atoms with Gasteiger partial charge in [0.1, 0.15) is 6.54 Å². The van der Waals surface area contributed by atoms with Gasteiger partial charge in [0.15, 0.2) is 0 Å². The average molecular weight is 487 g/mol. The van der Waals surface area contributed by atoms with E-state index in [0.717, 1.165) is 38.8 Å². The summed E-state index contributed by atoms with van der Waals surface area (Å²) < 4.78 is 27.8. The van der Waals surface area contributed by atoms with E-state index in [1.807, 2.05) is 45.0 Å². The number of benzene rings is 2. The molecule has 0 spiro atoms. The van der Waals surface area contributed by atoms with Crippen LogP contribution in [0.4, 0.5) is 5.69 Å². The second kappa shape index (κ2) is 9.80. The van der Waals surface area contributed by atoms with Gasteiger partial charge in [-0.25, -0.2) is 13.8 Å². The number of amides is 1. The van der Waals surface area contributed by atoms with Gasteiger partial charge in [-0.15, -0.1) is 0 Å². The minimum Gasteiger partial charge on any atom is -0.318 e. The second-order valence-corrected chi connectivity index (χ2v) is 10.3. The summed E-state index contributed by atoms with van der Waals surface area (Å²) in [4.78, 5) is 12.5. The lowest BCUT2D eigenvalue weighted by molar-refractivity contribution is -0.119. The average Bonchev–Trinajstić information content (AvgIpc) is 3.01. The van der Waals surface area contributed by atoms with Crippen molar-refractivity contribution in [3.63, 3.8) is 0 Å². The highest BCUT2D eigenvalue weighted by molar-refractivity contribution is 7.92. The summed E-state index contributed by atoms with van der Waals surface area (Å²) in [5.74, 6) is -0.566. The standard InChI is InChI=1S/C24H27ClN4O3S/c1-16-8-6-9-21(12-16)29-17(2)13-20(19(29)4)14-26-27-24(30)15-28(33(5,31)32)23-11-7-10-22(25)18(23)3/h6-14H,15H2,1-5H3,(H,27,30)/b26-14-. The van der Waals surface area contributed by atoms with Crippen molar-refractivity contribution in [1.29, 1.82) is 0 Å². The van der Waals surface area contributed by atoms with E-state index < -0.39 is 22.5 Å². The van der Waals surface area contributed by atoms with Crippen molar-refractivity contribution in [3.05, 3.63) is 81.6 Å². The first-order chi connectivity index (χ1) is 15.5. The zero-order valence-electron chi connectivity index (χ0n) is 19.3. The van der Waals surface area contributed by atoms with Gasteiger partial charge in [-0.05, 0) is 69.2 Å². The van der Waals surface area contributed by atoms with E-state index in [9.17, 15) is 13.2 Å². The molecule has 7 nitrogen and oxygen atoms in total. The third-order valence-corrected chi connectivity index (χ3v) is 6.85. The number of sulfonamides is 1. The number of halogens is 1. The van der Waals surface area contributed by atoms with Crippen LogP contribution in [0.2, 0.25) is 5.02 Å². The number of aryl methyl sites for hydroxylation is 2. The monoisotopic (exact) mass is 486 g/mol. The van der Waals surface area contributed by atoms with Crippen LogP contribution in [0.25, 0.3) is 5.69 Å². The third-order valence-electron chi connectivity index (χ3n) is 5.32. The van der Waals surface area contributed by atoms with Crippen molar-refractivity contribution in [2.45, 2.75) is 27.7 Å². The van der Waals surface area contributed by atoms with Gasteiger partial charge in [-0.1, -0.05) is 29.8 Å². The molecule has 1 heterocycles. The van der Waals surface area contributed by atoms with Crippen LogP contribution in [0, 0.1) is 27.7 Å². The van der Waals surface area contributed by atoms with E-state index in [-0.39, 0.29) is 0 Å². The van der Waals surface area contributed by atoms with E-state index >= 15 is 0 Å². The van der Waals surface area contributed by atoms with Gasteiger partial charge in [0.25, 0.3) is 5.91 Å². The maximum absolute atomic E-state index is 12.5. The van der Waals surface area contributed by atoms with E-state index in [1.54, 1.807) is 31.3 Å². The SMILES string of the molecule is Cc1cccc(-n2c(C)cc(/C=N\NC(=O)CN(c3cccc(Cl)c3C)S(C)(=O)=O)c2C)c1. The maximum atomic E-state index is 12.5. The number of nitrogens with one attached hydrogen (secondary N) is 1. The van der Waals surface area contributed by atoms with Crippen molar-refractivity contribution in [1.82, 2.24) is 9.99 Å². The summed E-state index contributed by atoms with van der Waals surface area (Å²) in [6, 6.07) is 15.1. The van der Waals surface area contributed by atoms with Crippen molar-refractivity contribution in [3.8, 4) is 5.69 Å². The molecule has 0 aliphatic carbocycles. The first kappa shape index (κ1) is 24.5. The molecule has 0 saturated heterocycles. The van der Waals surface area contributed by atoms with Gasteiger partial charge in [-0.3, -0.25) is 9.10 Å².